The summed E-state index contributed by atoms with van der Waals surface area (Å²) in [5, 5.41) is 0. The van der Waals surface area contributed by atoms with Crippen LogP contribution < -0.4 is 4.74 Å². The first-order valence-corrected chi connectivity index (χ1v) is 7.30. The first kappa shape index (κ1) is 17.8. The Morgan fingerprint density at radius 2 is 1.68 bits per heavy atom. The van der Waals surface area contributed by atoms with Crippen LogP contribution in [0.1, 0.15) is 38.1 Å². The summed E-state index contributed by atoms with van der Waals surface area (Å²) in [6, 6.07) is 7.03. The maximum Gasteiger partial charge on any atom is 0.205 e. The van der Waals surface area contributed by atoms with Gasteiger partial charge in [-0.15, -0.1) is 0 Å². The van der Waals surface area contributed by atoms with E-state index in [0.717, 1.165) is 0 Å². The second kappa shape index (κ2) is 8.93. The van der Waals surface area contributed by atoms with Gasteiger partial charge in [0.25, 0.3) is 0 Å². The number of benzene rings is 1. The Morgan fingerprint density at radius 1 is 1.05 bits per heavy atom. The van der Waals surface area contributed by atoms with Gasteiger partial charge in [0.15, 0.2) is 5.60 Å². The molecular weight excluding hydrogens is 280 g/mol. The topological polar surface area (TPSA) is 44.8 Å². The number of ether oxygens (including phenoxy) is 3. The highest BCUT2D eigenvalue weighted by molar-refractivity contribution is 6.02. The van der Waals surface area contributed by atoms with E-state index in [2.05, 4.69) is 0 Å². The number of rotatable bonds is 9. The van der Waals surface area contributed by atoms with Gasteiger partial charge in [0.2, 0.25) is 5.78 Å². The molecule has 22 heavy (non-hydrogen) atoms. The van der Waals surface area contributed by atoms with Crippen molar-refractivity contribution in [3.63, 3.8) is 0 Å². The number of allylic oxidation sites excluding steroid dienone is 2. The number of hydrogen-bond acceptors (Lipinski definition) is 4. The lowest BCUT2D eigenvalue weighted by molar-refractivity contribution is 0.0404. The monoisotopic (exact) mass is 304 g/mol. The second-order valence-electron chi connectivity index (χ2n) is 5.14. The highest BCUT2D eigenvalue weighted by atomic mass is 16.5. The van der Waals surface area contributed by atoms with E-state index in [1.165, 1.54) is 6.26 Å². The summed E-state index contributed by atoms with van der Waals surface area (Å²) in [6.45, 7) is 8.16. The van der Waals surface area contributed by atoms with Crippen LogP contribution in [0.2, 0.25) is 0 Å². The lowest BCUT2D eigenvalue weighted by atomic mass is 9.96. The van der Waals surface area contributed by atoms with Gasteiger partial charge in [-0.05, 0) is 52.0 Å². The summed E-state index contributed by atoms with van der Waals surface area (Å²) in [4.78, 5) is 12.4. The molecule has 4 heteroatoms. The van der Waals surface area contributed by atoms with Crippen molar-refractivity contribution in [2.45, 2.75) is 33.3 Å². The van der Waals surface area contributed by atoms with Gasteiger partial charge in [0.1, 0.15) is 19.0 Å². The van der Waals surface area contributed by atoms with Crippen LogP contribution in [0.3, 0.4) is 0 Å². The number of ketones is 1. The SMILES string of the molecule is CC=COCCOc1ccc(C(=O)C(C)(C)OC=CC)cc1. The highest BCUT2D eigenvalue weighted by Gasteiger charge is 2.29. The molecule has 0 bridgehead atoms. The Hall–Kier alpha value is -2.23. The van der Waals surface area contributed by atoms with Crippen LogP contribution in [0.15, 0.2) is 48.9 Å². The second-order valence-corrected chi connectivity index (χ2v) is 5.14. The molecular formula is C18H24O4. The third kappa shape index (κ3) is 5.64. The highest BCUT2D eigenvalue weighted by Crippen LogP contribution is 2.20. The quantitative estimate of drug-likeness (QED) is 0.391. The predicted octanol–water partition coefficient (Wildman–Crippen LogP) is 4.13. The first-order chi connectivity index (χ1) is 10.5. The van der Waals surface area contributed by atoms with Crippen LogP contribution in [0, 0.1) is 0 Å². The van der Waals surface area contributed by atoms with Gasteiger partial charge in [-0.25, -0.2) is 0 Å². The van der Waals surface area contributed by atoms with Crippen molar-refractivity contribution < 1.29 is 19.0 Å². The molecule has 0 spiro atoms. The third-order valence-corrected chi connectivity index (χ3v) is 2.86. The number of Topliss-reactive ketones (excluding diaryl/α,β-unsaturated/α-hetero) is 1. The lowest BCUT2D eigenvalue weighted by Crippen LogP contribution is -2.33. The van der Waals surface area contributed by atoms with Gasteiger partial charge in [-0.3, -0.25) is 4.79 Å². The van der Waals surface area contributed by atoms with Gasteiger partial charge in [0, 0.05) is 5.56 Å². The largest absolute Gasteiger partial charge is 0.498 e. The summed E-state index contributed by atoms with van der Waals surface area (Å²) >= 11 is 0. The molecule has 1 aromatic rings. The van der Waals surface area contributed by atoms with E-state index in [4.69, 9.17) is 14.2 Å². The van der Waals surface area contributed by atoms with Gasteiger partial charge in [0.05, 0.1) is 12.5 Å². The molecule has 0 saturated heterocycles. The number of hydrogen-bond donors (Lipinski definition) is 0. The van der Waals surface area contributed by atoms with Crippen LogP contribution in [-0.2, 0) is 9.47 Å². The van der Waals surface area contributed by atoms with Crippen molar-refractivity contribution in [3.8, 4) is 5.75 Å². The molecule has 0 aliphatic rings. The van der Waals surface area contributed by atoms with Crippen molar-refractivity contribution >= 4 is 5.78 Å². The smallest absolute Gasteiger partial charge is 0.205 e. The summed E-state index contributed by atoms with van der Waals surface area (Å²) in [6.07, 6.45) is 6.72. The molecule has 0 radical (unpaired) electrons. The molecule has 0 amide bonds. The Balaban J connectivity index is 2.58. The van der Waals surface area contributed by atoms with Gasteiger partial charge >= 0.3 is 0 Å². The third-order valence-electron chi connectivity index (χ3n) is 2.86. The minimum absolute atomic E-state index is 0.0754. The van der Waals surface area contributed by atoms with E-state index >= 15 is 0 Å². The average molecular weight is 304 g/mol. The van der Waals surface area contributed by atoms with E-state index < -0.39 is 5.60 Å². The molecule has 0 fully saturated rings. The first-order valence-electron chi connectivity index (χ1n) is 7.30. The molecule has 0 unspecified atom stereocenters. The maximum atomic E-state index is 12.4. The molecule has 0 N–H and O–H groups in total. The molecule has 0 atom stereocenters. The minimum Gasteiger partial charge on any atom is -0.498 e. The zero-order chi connectivity index (χ0) is 16.4. The summed E-state index contributed by atoms with van der Waals surface area (Å²) in [5.74, 6) is 0.626. The average Bonchev–Trinajstić information content (AvgIpc) is 2.52. The molecule has 0 heterocycles. The van der Waals surface area contributed by atoms with Crippen molar-refractivity contribution in [3.05, 3.63) is 54.5 Å². The van der Waals surface area contributed by atoms with E-state index in [9.17, 15) is 4.79 Å². The zero-order valence-electron chi connectivity index (χ0n) is 13.7. The zero-order valence-corrected chi connectivity index (χ0v) is 13.7. The molecule has 0 aromatic heterocycles. The molecule has 4 nitrogen and oxygen atoms in total. The molecule has 1 aromatic carbocycles. The van der Waals surface area contributed by atoms with Crippen molar-refractivity contribution in [1.29, 1.82) is 0 Å². The summed E-state index contributed by atoms with van der Waals surface area (Å²) < 4.78 is 16.1. The van der Waals surface area contributed by atoms with Crippen LogP contribution in [0.5, 0.6) is 5.75 Å². The van der Waals surface area contributed by atoms with Gasteiger partial charge in [-0.2, -0.15) is 0 Å². The number of carbonyl (C=O) groups excluding carboxylic acids is 1. The van der Waals surface area contributed by atoms with E-state index in [1.54, 1.807) is 50.5 Å². The van der Waals surface area contributed by atoms with E-state index in [0.29, 0.717) is 24.5 Å². The fourth-order valence-electron chi connectivity index (χ4n) is 1.71. The standard InChI is InChI=1S/C18H24O4/c1-5-11-20-13-14-21-16-9-7-15(8-10-16)17(19)18(3,4)22-12-6-2/h5-12H,13-14H2,1-4H3. The van der Waals surface area contributed by atoms with Gasteiger partial charge in [-0.1, -0.05) is 12.2 Å². The van der Waals surface area contributed by atoms with Crippen molar-refractivity contribution in [2.75, 3.05) is 13.2 Å². The lowest BCUT2D eigenvalue weighted by Gasteiger charge is -2.22. The predicted molar refractivity (Wildman–Crippen MR) is 87.0 cm³/mol. The summed E-state index contributed by atoms with van der Waals surface area (Å²) in [7, 11) is 0. The van der Waals surface area contributed by atoms with Crippen LogP contribution in [0.25, 0.3) is 0 Å². The number of carbonyl (C=O) groups is 1. The van der Waals surface area contributed by atoms with Crippen LogP contribution >= 0.6 is 0 Å². The fraction of sp³-hybridized carbons (Fsp3) is 0.389. The van der Waals surface area contributed by atoms with Crippen molar-refractivity contribution in [1.82, 2.24) is 0 Å². The Labute approximate surface area is 132 Å². The van der Waals surface area contributed by atoms with E-state index in [-0.39, 0.29) is 5.78 Å². The summed E-state index contributed by atoms with van der Waals surface area (Å²) in [5.41, 5.74) is -0.304. The Kier molecular flexibility index (Phi) is 7.23. The molecule has 1 rings (SSSR count). The van der Waals surface area contributed by atoms with Crippen LogP contribution in [0.4, 0.5) is 0 Å². The Morgan fingerprint density at radius 3 is 2.27 bits per heavy atom. The molecule has 0 saturated carbocycles. The van der Waals surface area contributed by atoms with Crippen LogP contribution in [-0.4, -0.2) is 24.6 Å². The van der Waals surface area contributed by atoms with E-state index in [1.807, 2.05) is 19.9 Å². The van der Waals surface area contributed by atoms with Gasteiger partial charge < -0.3 is 14.2 Å². The minimum atomic E-state index is -0.894. The molecule has 120 valence electrons. The normalized spacial score (nSPS) is 11.8. The fourth-order valence-corrected chi connectivity index (χ4v) is 1.71. The van der Waals surface area contributed by atoms with Crippen molar-refractivity contribution in [2.24, 2.45) is 0 Å². The maximum absolute atomic E-state index is 12.4. The Bertz CT molecular complexity index is 512. The molecule has 0 aliphatic heterocycles. The molecule has 0 aliphatic carbocycles.